The summed E-state index contributed by atoms with van der Waals surface area (Å²) in [4.78, 5) is 25.3. The van der Waals surface area contributed by atoms with Crippen molar-refractivity contribution in [2.75, 3.05) is 24.7 Å². The van der Waals surface area contributed by atoms with Gasteiger partial charge in [-0.2, -0.15) is 16.9 Å². The van der Waals surface area contributed by atoms with Crippen molar-refractivity contribution in [3.8, 4) is 0 Å². The summed E-state index contributed by atoms with van der Waals surface area (Å²) < 4.78 is 1.85. The summed E-state index contributed by atoms with van der Waals surface area (Å²) in [5.74, 6) is 0.652. The van der Waals surface area contributed by atoms with Crippen molar-refractivity contribution < 1.29 is 9.59 Å². The second kappa shape index (κ2) is 6.98. The second-order valence-electron chi connectivity index (χ2n) is 5.22. The molecule has 0 spiro atoms. The third-order valence-electron chi connectivity index (χ3n) is 3.69. The Labute approximate surface area is 129 Å². The second-order valence-corrected chi connectivity index (χ2v) is 6.26. The molecule has 0 aromatic carbocycles. The molecule has 7 heteroatoms. The van der Waals surface area contributed by atoms with Gasteiger partial charge in [-0.3, -0.25) is 14.3 Å². The molecule has 1 aromatic rings. The predicted octanol–water partition coefficient (Wildman–Crippen LogP) is 1.76. The van der Waals surface area contributed by atoms with E-state index in [9.17, 15) is 9.59 Å². The highest BCUT2D eigenvalue weighted by atomic mass is 32.2. The Bertz CT molecular complexity index is 513. The number of rotatable bonds is 5. The van der Waals surface area contributed by atoms with Crippen LogP contribution in [0.15, 0.2) is 12.3 Å². The topological polar surface area (TPSA) is 67.2 Å². The van der Waals surface area contributed by atoms with Crippen LogP contribution in [-0.4, -0.2) is 51.1 Å². The van der Waals surface area contributed by atoms with Crippen LogP contribution >= 0.6 is 11.8 Å². The van der Waals surface area contributed by atoms with E-state index in [2.05, 4.69) is 10.4 Å². The normalized spacial score (nSPS) is 19.6. The lowest BCUT2D eigenvalue weighted by Crippen LogP contribution is -2.36. The largest absolute Gasteiger partial charge is 0.340 e. The lowest BCUT2D eigenvalue weighted by molar-refractivity contribution is -0.129. The number of hydrogen-bond donors (Lipinski definition) is 1. The monoisotopic (exact) mass is 310 g/mol. The van der Waals surface area contributed by atoms with Crippen molar-refractivity contribution in [2.24, 2.45) is 0 Å². The number of aromatic nitrogens is 2. The molecule has 0 aliphatic carbocycles. The Morgan fingerprint density at radius 1 is 1.57 bits per heavy atom. The Morgan fingerprint density at radius 3 is 2.95 bits per heavy atom. The zero-order valence-electron chi connectivity index (χ0n) is 12.7. The van der Waals surface area contributed by atoms with Crippen LogP contribution in [0.4, 0.5) is 5.82 Å². The third-order valence-corrected chi connectivity index (χ3v) is 4.80. The molecule has 0 saturated carbocycles. The first-order valence-electron chi connectivity index (χ1n) is 7.19. The molecule has 0 unspecified atom stereocenters. The van der Waals surface area contributed by atoms with E-state index in [1.807, 2.05) is 29.0 Å². The number of carbonyl (C=O) groups excluding carboxylic acids is 2. The molecule has 6 nitrogen and oxygen atoms in total. The van der Waals surface area contributed by atoms with Gasteiger partial charge >= 0.3 is 0 Å². The van der Waals surface area contributed by atoms with Crippen molar-refractivity contribution in [3.63, 3.8) is 0 Å². The Kier molecular flexibility index (Phi) is 5.27. The summed E-state index contributed by atoms with van der Waals surface area (Å²) in [6.45, 7) is 4.97. The number of thioether (sulfide) groups is 1. The quantitative estimate of drug-likeness (QED) is 0.900. The molecule has 1 fully saturated rings. The maximum absolute atomic E-state index is 12.4. The van der Waals surface area contributed by atoms with Gasteiger partial charge in [0.25, 0.3) is 0 Å². The fraction of sp³-hybridized carbons (Fsp3) is 0.643. The predicted molar refractivity (Wildman–Crippen MR) is 84.4 cm³/mol. The standard InChI is InChI=1S/C14H22N4O2S/c1-4-12(21-3)14(20)17-7-5-11(9-17)18-8-6-13(16-18)15-10(2)19/h6,8,11-12H,4-5,7,9H2,1-3H3,(H,15,16,19)/t11-,12+/m0/s1. The van der Waals surface area contributed by atoms with Gasteiger partial charge in [-0.05, 0) is 19.1 Å². The molecule has 0 bridgehead atoms. The van der Waals surface area contributed by atoms with Crippen molar-refractivity contribution in [2.45, 2.75) is 38.0 Å². The summed E-state index contributed by atoms with van der Waals surface area (Å²) >= 11 is 1.61. The van der Waals surface area contributed by atoms with Crippen LogP contribution in [0.25, 0.3) is 0 Å². The van der Waals surface area contributed by atoms with Crippen LogP contribution in [0.2, 0.25) is 0 Å². The first-order valence-corrected chi connectivity index (χ1v) is 8.48. The summed E-state index contributed by atoms with van der Waals surface area (Å²) in [6.07, 6.45) is 5.59. The van der Waals surface area contributed by atoms with Gasteiger partial charge in [-0.1, -0.05) is 6.92 Å². The van der Waals surface area contributed by atoms with E-state index in [1.54, 1.807) is 17.8 Å². The molecular formula is C14H22N4O2S. The number of hydrogen-bond acceptors (Lipinski definition) is 4. The van der Waals surface area contributed by atoms with Crippen LogP contribution in [0.5, 0.6) is 0 Å². The van der Waals surface area contributed by atoms with Crippen molar-refractivity contribution in [1.82, 2.24) is 14.7 Å². The minimum atomic E-state index is -0.130. The van der Waals surface area contributed by atoms with E-state index in [-0.39, 0.29) is 23.1 Å². The molecule has 2 atom stereocenters. The zero-order valence-corrected chi connectivity index (χ0v) is 13.5. The summed E-state index contributed by atoms with van der Waals surface area (Å²) in [6, 6.07) is 1.97. The van der Waals surface area contributed by atoms with Gasteiger partial charge in [-0.25, -0.2) is 0 Å². The molecule has 1 aromatic heterocycles. The number of amides is 2. The maximum Gasteiger partial charge on any atom is 0.235 e. The van der Waals surface area contributed by atoms with Gasteiger partial charge < -0.3 is 10.2 Å². The smallest absolute Gasteiger partial charge is 0.235 e. The van der Waals surface area contributed by atoms with Crippen LogP contribution < -0.4 is 5.32 Å². The number of nitrogens with zero attached hydrogens (tertiary/aromatic N) is 3. The summed E-state index contributed by atoms with van der Waals surface area (Å²) in [5, 5.41) is 7.07. The average molecular weight is 310 g/mol. The lowest BCUT2D eigenvalue weighted by Gasteiger charge is -2.21. The highest BCUT2D eigenvalue weighted by Gasteiger charge is 2.31. The number of likely N-dealkylation sites (tertiary alicyclic amines) is 1. The van der Waals surface area contributed by atoms with E-state index in [0.717, 1.165) is 19.4 Å². The molecular weight excluding hydrogens is 288 g/mol. The van der Waals surface area contributed by atoms with Gasteiger partial charge in [0.1, 0.15) is 0 Å². The highest BCUT2D eigenvalue weighted by molar-refractivity contribution is 7.99. The third kappa shape index (κ3) is 3.78. The van der Waals surface area contributed by atoms with Gasteiger partial charge in [0.05, 0.1) is 11.3 Å². The molecule has 1 aliphatic heterocycles. The van der Waals surface area contributed by atoms with E-state index in [4.69, 9.17) is 0 Å². The molecule has 1 saturated heterocycles. The summed E-state index contributed by atoms with van der Waals surface area (Å²) in [5.41, 5.74) is 0. The molecule has 2 rings (SSSR count). The maximum atomic E-state index is 12.4. The van der Waals surface area contributed by atoms with E-state index < -0.39 is 0 Å². The summed E-state index contributed by atoms with van der Waals surface area (Å²) in [7, 11) is 0. The molecule has 116 valence electrons. The number of carbonyl (C=O) groups is 2. The molecule has 0 radical (unpaired) electrons. The first-order chi connectivity index (χ1) is 10.0. The molecule has 1 aliphatic rings. The van der Waals surface area contributed by atoms with Gasteiger partial charge in [-0.15, -0.1) is 0 Å². The zero-order chi connectivity index (χ0) is 15.4. The van der Waals surface area contributed by atoms with E-state index in [1.165, 1.54) is 6.92 Å². The van der Waals surface area contributed by atoms with Crippen molar-refractivity contribution >= 4 is 29.4 Å². The van der Waals surface area contributed by atoms with Crippen molar-refractivity contribution in [3.05, 3.63) is 12.3 Å². The highest BCUT2D eigenvalue weighted by Crippen LogP contribution is 2.25. The Morgan fingerprint density at radius 2 is 2.33 bits per heavy atom. The fourth-order valence-corrected chi connectivity index (χ4v) is 3.28. The van der Waals surface area contributed by atoms with E-state index in [0.29, 0.717) is 12.4 Å². The Hall–Kier alpha value is -1.50. The lowest BCUT2D eigenvalue weighted by atomic mass is 10.3. The van der Waals surface area contributed by atoms with E-state index >= 15 is 0 Å². The van der Waals surface area contributed by atoms with Crippen LogP contribution in [0.1, 0.15) is 32.7 Å². The van der Waals surface area contributed by atoms with Gasteiger partial charge in [0, 0.05) is 32.3 Å². The number of anilines is 1. The molecule has 2 amide bonds. The molecule has 2 heterocycles. The van der Waals surface area contributed by atoms with Gasteiger partial charge in [0.2, 0.25) is 11.8 Å². The number of nitrogens with one attached hydrogen (secondary N) is 1. The SMILES string of the molecule is CC[C@@H](SC)C(=O)N1CC[C@H](n2ccc(NC(C)=O)n2)C1. The average Bonchev–Trinajstić information content (AvgIpc) is 3.07. The van der Waals surface area contributed by atoms with Crippen LogP contribution in [0.3, 0.4) is 0 Å². The minimum Gasteiger partial charge on any atom is -0.340 e. The fourth-order valence-electron chi connectivity index (χ4n) is 2.59. The van der Waals surface area contributed by atoms with Crippen LogP contribution in [0, 0.1) is 0 Å². The molecule has 21 heavy (non-hydrogen) atoms. The Balaban J connectivity index is 1.97. The van der Waals surface area contributed by atoms with Crippen molar-refractivity contribution in [1.29, 1.82) is 0 Å². The minimum absolute atomic E-state index is 0.0521. The van der Waals surface area contributed by atoms with Crippen LogP contribution in [-0.2, 0) is 9.59 Å². The van der Waals surface area contributed by atoms with Gasteiger partial charge in [0.15, 0.2) is 5.82 Å². The molecule has 1 N–H and O–H groups in total. The first kappa shape index (κ1) is 15.9.